The molecule has 0 atom stereocenters. The van der Waals surface area contributed by atoms with Gasteiger partial charge in [-0.15, -0.1) is 11.3 Å². The number of nitrogens with zero attached hydrogens (tertiary/aromatic N) is 3. The van der Waals surface area contributed by atoms with Crippen molar-refractivity contribution in [2.45, 2.75) is 13.2 Å². The van der Waals surface area contributed by atoms with Crippen LogP contribution in [0.25, 0.3) is 11.0 Å². The third kappa shape index (κ3) is 3.10. The second-order valence-electron chi connectivity index (χ2n) is 5.76. The molecule has 2 N–H and O–H groups in total. The Hall–Kier alpha value is -3.03. The lowest BCUT2D eigenvalue weighted by Crippen LogP contribution is -2.20. The second-order valence-corrected chi connectivity index (χ2v) is 6.59. The molecule has 0 aliphatic heterocycles. The van der Waals surface area contributed by atoms with Gasteiger partial charge in [0.15, 0.2) is 4.80 Å². The lowest BCUT2D eigenvalue weighted by molar-refractivity contribution is 0.0999. The lowest BCUT2D eigenvalue weighted by atomic mass is 10.2. The summed E-state index contributed by atoms with van der Waals surface area (Å²) in [4.78, 5) is 24.8. The van der Waals surface area contributed by atoms with E-state index in [1.165, 1.54) is 11.3 Å². The van der Waals surface area contributed by atoms with Gasteiger partial charge in [-0.2, -0.15) is 4.99 Å². The Kier molecular flexibility index (Phi) is 4.47. The molecular formula is C19H16N4O2S. The van der Waals surface area contributed by atoms with E-state index < -0.39 is 0 Å². The van der Waals surface area contributed by atoms with Crippen LogP contribution in [-0.4, -0.2) is 25.5 Å². The zero-order valence-corrected chi connectivity index (χ0v) is 14.6. The Morgan fingerprint density at radius 3 is 2.88 bits per heavy atom. The monoisotopic (exact) mass is 364 g/mol. The number of nitrogens with one attached hydrogen (secondary N) is 1. The van der Waals surface area contributed by atoms with Crippen molar-refractivity contribution in [2.75, 3.05) is 0 Å². The number of carbonyl (C=O) groups excluding carboxylic acids is 1. The Morgan fingerprint density at radius 1 is 1.23 bits per heavy atom. The van der Waals surface area contributed by atoms with Crippen LogP contribution >= 0.6 is 11.3 Å². The van der Waals surface area contributed by atoms with E-state index in [0.717, 1.165) is 16.6 Å². The van der Waals surface area contributed by atoms with E-state index in [4.69, 9.17) is 0 Å². The quantitative estimate of drug-likeness (QED) is 0.584. The van der Waals surface area contributed by atoms with Crippen molar-refractivity contribution in [3.05, 3.63) is 81.9 Å². The number of aliphatic hydroxyl groups excluding tert-OH is 1. The smallest absolute Gasteiger partial charge is 0.281 e. The first-order valence-corrected chi connectivity index (χ1v) is 8.97. The summed E-state index contributed by atoms with van der Waals surface area (Å²) < 4.78 is 1.87. The van der Waals surface area contributed by atoms with Crippen molar-refractivity contribution in [2.24, 2.45) is 4.99 Å². The van der Waals surface area contributed by atoms with Crippen LogP contribution in [0.4, 0.5) is 0 Å². The highest BCUT2D eigenvalue weighted by Crippen LogP contribution is 2.16. The summed E-state index contributed by atoms with van der Waals surface area (Å²) in [5.74, 6) is -0.336. The van der Waals surface area contributed by atoms with Crippen molar-refractivity contribution in [1.29, 1.82) is 0 Å². The van der Waals surface area contributed by atoms with E-state index in [1.54, 1.807) is 18.5 Å². The number of aliphatic hydroxyl groups is 1. The van der Waals surface area contributed by atoms with Crippen LogP contribution in [0.1, 0.15) is 21.6 Å². The number of carbonyl (C=O) groups is 1. The van der Waals surface area contributed by atoms with Crippen molar-refractivity contribution >= 4 is 28.3 Å². The van der Waals surface area contributed by atoms with E-state index in [0.29, 0.717) is 22.6 Å². The first-order chi connectivity index (χ1) is 12.8. The van der Waals surface area contributed by atoms with Gasteiger partial charge in [0.2, 0.25) is 0 Å². The van der Waals surface area contributed by atoms with Crippen LogP contribution in [0.2, 0.25) is 0 Å². The molecule has 3 aromatic heterocycles. The Bertz CT molecular complexity index is 1130. The number of thiazole rings is 1. The molecular weight excluding hydrogens is 348 g/mol. The fraction of sp³-hybridized carbons (Fsp3) is 0.105. The third-order valence-electron chi connectivity index (χ3n) is 4.10. The molecule has 1 amide bonds. The number of hydrogen-bond acceptors (Lipinski definition) is 4. The minimum absolute atomic E-state index is 0.107. The maximum atomic E-state index is 12.7. The molecule has 0 aliphatic carbocycles. The van der Waals surface area contributed by atoms with Crippen molar-refractivity contribution in [3.63, 3.8) is 0 Å². The molecule has 130 valence electrons. The number of aromatic nitrogens is 3. The molecule has 7 heteroatoms. The molecule has 1 aromatic carbocycles. The van der Waals surface area contributed by atoms with E-state index in [2.05, 4.69) is 15.0 Å². The predicted molar refractivity (Wildman–Crippen MR) is 99.8 cm³/mol. The summed E-state index contributed by atoms with van der Waals surface area (Å²) in [6.07, 6.45) is 3.30. The van der Waals surface area contributed by atoms with Crippen molar-refractivity contribution in [3.8, 4) is 0 Å². The molecule has 0 radical (unpaired) electrons. The number of hydrogen-bond donors (Lipinski definition) is 2. The topological polar surface area (TPSA) is 83.3 Å². The molecule has 6 nitrogen and oxygen atoms in total. The lowest BCUT2D eigenvalue weighted by Gasteiger charge is -2.07. The number of rotatable bonds is 4. The summed E-state index contributed by atoms with van der Waals surface area (Å²) in [7, 11) is 0. The van der Waals surface area contributed by atoms with Gasteiger partial charge in [-0.1, -0.05) is 30.3 Å². The van der Waals surface area contributed by atoms with Crippen molar-refractivity contribution < 1.29 is 9.90 Å². The number of pyridine rings is 1. The first-order valence-electron chi connectivity index (χ1n) is 8.09. The predicted octanol–water partition coefficient (Wildman–Crippen LogP) is 2.71. The van der Waals surface area contributed by atoms with Crippen LogP contribution in [-0.2, 0) is 13.2 Å². The Morgan fingerprint density at radius 2 is 2.08 bits per heavy atom. The van der Waals surface area contributed by atoms with E-state index >= 15 is 0 Å². The highest BCUT2D eigenvalue weighted by Gasteiger charge is 2.13. The molecule has 0 saturated heterocycles. The molecule has 0 saturated carbocycles. The van der Waals surface area contributed by atoms with Gasteiger partial charge < -0.3 is 14.7 Å². The SMILES string of the molecule is O=C(N=c1scc(CO)n1Cc1ccccc1)c1c[nH]c2ncccc12. The van der Waals surface area contributed by atoms with Gasteiger partial charge in [-0.25, -0.2) is 4.98 Å². The van der Waals surface area contributed by atoms with Crippen molar-refractivity contribution in [1.82, 2.24) is 14.5 Å². The maximum Gasteiger partial charge on any atom is 0.281 e. The standard InChI is InChI=1S/C19H16N4O2S/c24-11-14-12-26-19(23(14)10-13-5-2-1-3-6-13)22-18(25)16-9-21-17-15(16)7-4-8-20-17/h1-9,12,24H,10-11H2,(H,20,21). The minimum atomic E-state index is -0.336. The average molecular weight is 364 g/mol. The van der Waals surface area contributed by atoms with E-state index in [1.807, 2.05) is 46.3 Å². The number of fused-ring (bicyclic) bond motifs is 1. The minimum Gasteiger partial charge on any atom is -0.390 e. The van der Waals surface area contributed by atoms with Gasteiger partial charge in [0, 0.05) is 23.2 Å². The van der Waals surface area contributed by atoms with Gasteiger partial charge >= 0.3 is 0 Å². The highest BCUT2D eigenvalue weighted by molar-refractivity contribution is 7.07. The van der Waals surface area contributed by atoms with Crippen LogP contribution in [0.5, 0.6) is 0 Å². The molecule has 0 aliphatic rings. The summed E-state index contributed by atoms with van der Waals surface area (Å²) in [6, 6.07) is 13.5. The third-order valence-corrected chi connectivity index (χ3v) is 5.01. The Labute approximate surface area is 153 Å². The molecule has 0 fully saturated rings. The zero-order valence-electron chi connectivity index (χ0n) is 13.8. The van der Waals surface area contributed by atoms with Gasteiger partial charge in [-0.3, -0.25) is 4.79 Å². The van der Waals surface area contributed by atoms with Gasteiger partial charge in [-0.05, 0) is 17.7 Å². The molecule has 0 bridgehead atoms. The maximum absolute atomic E-state index is 12.7. The van der Waals surface area contributed by atoms with Crippen LogP contribution in [0.3, 0.4) is 0 Å². The number of aromatic amines is 1. The Balaban J connectivity index is 1.75. The first kappa shape index (κ1) is 16.4. The average Bonchev–Trinajstić information content (AvgIpc) is 3.27. The fourth-order valence-electron chi connectivity index (χ4n) is 2.80. The molecule has 4 aromatic rings. The largest absolute Gasteiger partial charge is 0.390 e. The fourth-order valence-corrected chi connectivity index (χ4v) is 3.68. The number of amides is 1. The summed E-state index contributed by atoms with van der Waals surface area (Å²) >= 11 is 1.34. The van der Waals surface area contributed by atoms with Gasteiger partial charge in [0.1, 0.15) is 5.65 Å². The molecule has 0 unspecified atom stereocenters. The molecule has 3 heterocycles. The highest BCUT2D eigenvalue weighted by atomic mass is 32.1. The second kappa shape index (κ2) is 7.07. The summed E-state index contributed by atoms with van der Waals surface area (Å²) in [5, 5.41) is 12.2. The molecule has 4 rings (SSSR count). The van der Waals surface area contributed by atoms with E-state index in [9.17, 15) is 9.90 Å². The van der Waals surface area contributed by atoms with Crippen LogP contribution < -0.4 is 4.80 Å². The number of benzene rings is 1. The van der Waals surface area contributed by atoms with Gasteiger partial charge in [0.05, 0.1) is 24.4 Å². The molecule has 26 heavy (non-hydrogen) atoms. The van der Waals surface area contributed by atoms with E-state index in [-0.39, 0.29) is 12.5 Å². The summed E-state index contributed by atoms with van der Waals surface area (Å²) in [5.41, 5.74) is 2.94. The van der Waals surface area contributed by atoms with Crippen LogP contribution in [0.15, 0.2) is 65.2 Å². The van der Waals surface area contributed by atoms with Crippen LogP contribution in [0, 0.1) is 0 Å². The van der Waals surface area contributed by atoms with Gasteiger partial charge in [0.25, 0.3) is 5.91 Å². The normalized spacial score (nSPS) is 12.0. The molecule has 0 spiro atoms. The number of H-pyrrole nitrogens is 1. The summed E-state index contributed by atoms with van der Waals surface area (Å²) in [6.45, 7) is 0.436. The zero-order chi connectivity index (χ0) is 17.9.